The van der Waals surface area contributed by atoms with Crippen LogP contribution in [0.25, 0.3) is 10.8 Å². The molecule has 0 amide bonds. The van der Waals surface area contributed by atoms with Crippen LogP contribution in [0.2, 0.25) is 0 Å². The van der Waals surface area contributed by atoms with Crippen LogP contribution in [0.4, 0.5) is 5.69 Å². The molecule has 0 N–H and O–H groups in total. The van der Waals surface area contributed by atoms with E-state index in [9.17, 15) is 9.59 Å². The molecule has 0 unspecified atom stereocenters. The fourth-order valence-corrected chi connectivity index (χ4v) is 8.17. The van der Waals surface area contributed by atoms with E-state index >= 15 is 0 Å². The van der Waals surface area contributed by atoms with E-state index in [2.05, 4.69) is 55.1 Å². The summed E-state index contributed by atoms with van der Waals surface area (Å²) >= 11 is 0. The van der Waals surface area contributed by atoms with Crippen LogP contribution in [0.3, 0.4) is 0 Å². The first-order valence-electron chi connectivity index (χ1n) is 12.9. The Morgan fingerprint density at radius 3 is 2.14 bits per heavy atom. The molecule has 5 nitrogen and oxygen atoms in total. The van der Waals surface area contributed by atoms with Crippen LogP contribution < -0.4 is 4.90 Å². The number of hydrogen-bond acceptors (Lipinski definition) is 5. The van der Waals surface area contributed by atoms with Gasteiger partial charge in [-0.25, -0.2) is 9.59 Å². The van der Waals surface area contributed by atoms with Gasteiger partial charge in [0.25, 0.3) is 5.79 Å². The topological polar surface area (TPSA) is 55.8 Å². The maximum atomic E-state index is 13.2. The normalized spacial score (nSPS) is 35.6. The van der Waals surface area contributed by atoms with Crippen molar-refractivity contribution in [1.82, 2.24) is 0 Å². The van der Waals surface area contributed by atoms with E-state index in [0.717, 1.165) is 37.1 Å². The number of carbonyl (C=O) groups is 2. The van der Waals surface area contributed by atoms with Gasteiger partial charge in [0.2, 0.25) is 0 Å². The highest BCUT2D eigenvalue weighted by Crippen LogP contribution is 2.61. The highest BCUT2D eigenvalue weighted by molar-refractivity contribution is 6.15. The van der Waals surface area contributed by atoms with Crippen molar-refractivity contribution in [3.8, 4) is 0 Å². The molecule has 5 heteroatoms. The number of esters is 2. The van der Waals surface area contributed by atoms with E-state index in [4.69, 9.17) is 9.47 Å². The van der Waals surface area contributed by atoms with Crippen LogP contribution in [-0.4, -0.2) is 24.8 Å². The SMILES string of the molecule is CN1/C(=C\C=C2C(=O)OC3(OC2=O)C2CC4CC(C2)CC3C4)C(C)(C)c2c1ccc1ccccc21. The van der Waals surface area contributed by atoms with Crippen molar-refractivity contribution in [1.29, 1.82) is 0 Å². The first-order chi connectivity index (χ1) is 16.8. The lowest BCUT2D eigenvalue weighted by atomic mass is 9.53. The van der Waals surface area contributed by atoms with Gasteiger partial charge in [0, 0.05) is 35.7 Å². The number of likely N-dealkylation sites (N-methyl/N-ethyl adjacent to an activating group) is 1. The van der Waals surface area contributed by atoms with Gasteiger partial charge in [-0.3, -0.25) is 0 Å². The molecule has 180 valence electrons. The largest absolute Gasteiger partial charge is 0.418 e. The fourth-order valence-electron chi connectivity index (χ4n) is 8.17. The van der Waals surface area contributed by atoms with Gasteiger partial charge in [-0.05, 0) is 78.5 Å². The highest BCUT2D eigenvalue weighted by Gasteiger charge is 2.64. The molecular weight excluding hydrogens is 438 g/mol. The Balaban J connectivity index is 1.22. The molecule has 8 rings (SSSR count). The van der Waals surface area contributed by atoms with Crippen LogP contribution >= 0.6 is 0 Å². The van der Waals surface area contributed by atoms with Crippen LogP contribution in [0.1, 0.15) is 51.5 Å². The summed E-state index contributed by atoms with van der Waals surface area (Å²) in [5.41, 5.74) is 3.10. The van der Waals surface area contributed by atoms with Gasteiger partial charge >= 0.3 is 11.9 Å². The minimum absolute atomic E-state index is 0.0121. The predicted molar refractivity (Wildman–Crippen MR) is 134 cm³/mol. The molecule has 6 aliphatic rings. The van der Waals surface area contributed by atoms with Crippen molar-refractivity contribution in [3.05, 3.63) is 65.4 Å². The zero-order valence-corrected chi connectivity index (χ0v) is 20.5. The summed E-state index contributed by atoms with van der Waals surface area (Å²) in [5, 5.41) is 2.42. The Kier molecular flexibility index (Phi) is 4.24. The molecule has 0 aromatic heterocycles. The summed E-state index contributed by atoms with van der Waals surface area (Å²) in [5.74, 6) is -0.424. The maximum absolute atomic E-state index is 13.2. The lowest BCUT2D eigenvalue weighted by molar-refractivity contribution is -0.313. The van der Waals surface area contributed by atoms with Gasteiger partial charge in [0.05, 0.1) is 0 Å². The smallest absolute Gasteiger partial charge is 0.348 e. The Labute approximate surface area is 205 Å². The van der Waals surface area contributed by atoms with Crippen molar-refractivity contribution in [2.75, 3.05) is 11.9 Å². The Morgan fingerprint density at radius 1 is 0.857 bits per heavy atom. The monoisotopic (exact) mass is 469 g/mol. The van der Waals surface area contributed by atoms with Crippen LogP contribution in [-0.2, 0) is 24.5 Å². The van der Waals surface area contributed by atoms with E-state index in [0.29, 0.717) is 11.8 Å². The van der Waals surface area contributed by atoms with Gasteiger partial charge in [-0.15, -0.1) is 0 Å². The van der Waals surface area contributed by atoms with Crippen molar-refractivity contribution in [2.45, 2.75) is 57.2 Å². The average molecular weight is 470 g/mol. The number of fused-ring (bicyclic) bond motifs is 3. The fraction of sp³-hybridized carbons (Fsp3) is 0.467. The lowest BCUT2D eigenvalue weighted by Gasteiger charge is -2.59. The summed E-state index contributed by atoms with van der Waals surface area (Å²) in [4.78, 5) is 28.6. The van der Waals surface area contributed by atoms with Gasteiger partial charge in [-0.2, -0.15) is 0 Å². The standard InChI is InChI=1S/C30H31NO4/c1-29(2)25(31(3)24-10-8-19-6-4-5-7-22(19)26(24)29)11-9-23-27(32)34-30(35-28(23)33)20-13-17-12-18(15-20)16-21(30)14-17/h4-11,17-18,20-21H,12-16H2,1-3H3/b23-9?,25-11-. The molecule has 1 saturated heterocycles. The zero-order valence-electron chi connectivity index (χ0n) is 20.5. The summed E-state index contributed by atoms with van der Waals surface area (Å²) in [6.07, 6.45) is 8.79. The first kappa shape index (κ1) is 21.2. The van der Waals surface area contributed by atoms with Crippen LogP contribution in [0.15, 0.2) is 59.8 Å². The number of carbonyl (C=O) groups excluding carboxylic acids is 2. The highest BCUT2D eigenvalue weighted by atomic mass is 16.7. The molecule has 5 fully saturated rings. The third-order valence-corrected chi connectivity index (χ3v) is 9.52. The summed E-state index contributed by atoms with van der Waals surface area (Å²) in [6.45, 7) is 4.38. The summed E-state index contributed by atoms with van der Waals surface area (Å²) in [6, 6.07) is 12.7. The number of allylic oxidation sites excluding steroid dienone is 3. The maximum Gasteiger partial charge on any atom is 0.348 e. The number of anilines is 1. The zero-order chi connectivity index (χ0) is 24.1. The van der Waals surface area contributed by atoms with E-state index in [-0.39, 0.29) is 22.8 Å². The molecule has 1 spiro atoms. The second-order valence-electron chi connectivity index (χ2n) is 11.8. The van der Waals surface area contributed by atoms with Gasteiger partial charge in [-0.1, -0.05) is 44.2 Å². The van der Waals surface area contributed by atoms with Crippen molar-refractivity contribution >= 4 is 28.4 Å². The number of ether oxygens (including phenoxy) is 2. The molecule has 4 saturated carbocycles. The lowest BCUT2D eigenvalue weighted by Crippen LogP contribution is -2.63. The first-order valence-corrected chi connectivity index (χ1v) is 12.9. The molecule has 2 aromatic carbocycles. The Bertz CT molecular complexity index is 1300. The van der Waals surface area contributed by atoms with Crippen molar-refractivity contribution in [3.63, 3.8) is 0 Å². The molecule has 0 atom stereocenters. The molecule has 4 aliphatic carbocycles. The second-order valence-corrected chi connectivity index (χ2v) is 11.8. The molecule has 2 aromatic rings. The van der Waals surface area contributed by atoms with Crippen LogP contribution in [0, 0.1) is 23.7 Å². The quantitative estimate of drug-likeness (QED) is 0.308. The molecular formula is C30H31NO4. The summed E-state index contributed by atoms with van der Waals surface area (Å²) < 4.78 is 12.1. The van der Waals surface area contributed by atoms with Gasteiger partial charge in [0.1, 0.15) is 5.57 Å². The summed E-state index contributed by atoms with van der Waals surface area (Å²) in [7, 11) is 2.04. The average Bonchev–Trinajstić information content (AvgIpc) is 3.02. The molecule has 2 heterocycles. The third-order valence-electron chi connectivity index (χ3n) is 9.52. The Morgan fingerprint density at radius 2 is 1.49 bits per heavy atom. The third kappa shape index (κ3) is 2.81. The predicted octanol–water partition coefficient (Wildman–Crippen LogP) is 5.63. The van der Waals surface area contributed by atoms with E-state index in [1.165, 1.54) is 22.8 Å². The number of nitrogens with zero attached hydrogens (tertiary/aromatic N) is 1. The van der Waals surface area contributed by atoms with Gasteiger partial charge < -0.3 is 14.4 Å². The number of benzene rings is 2. The molecule has 2 aliphatic heterocycles. The molecule has 4 bridgehead atoms. The number of rotatable bonds is 1. The minimum atomic E-state index is -1.04. The van der Waals surface area contributed by atoms with Crippen molar-refractivity contribution in [2.24, 2.45) is 23.7 Å². The molecule has 0 radical (unpaired) electrons. The van der Waals surface area contributed by atoms with Crippen molar-refractivity contribution < 1.29 is 19.1 Å². The van der Waals surface area contributed by atoms with E-state index < -0.39 is 17.7 Å². The molecule has 35 heavy (non-hydrogen) atoms. The van der Waals surface area contributed by atoms with E-state index in [1.807, 2.05) is 13.1 Å². The second kappa shape index (κ2) is 6.99. The number of hydrogen-bond donors (Lipinski definition) is 0. The minimum Gasteiger partial charge on any atom is -0.418 e. The van der Waals surface area contributed by atoms with Gasteiger partial charge in [0.15, 0.2) is 0 Å². The van der Waals surface area contributed by atoms with Crippen LogP contribution in [0.5, 0.6) is 0 Å². The Hall–Kier alpha value is -3.08. The van der Waals surface area contributed by atoms with E-state index in [1.54, 1.807) is 6.08 Å².